The number of nitrogens with zero attached hydrogens (tertiary/aromatic N) is 1. The van der Waals surface area contributed by atoms with Gasteiger partial charge in [0.05, 0.1) is 29.6 Å². The number of thioether (sulfide) groups is 1. The zero-order chi connectivity index (χ0) is 34.8. The Hall–Kier alpha value is -4.91. The van der Waals surface area contributed by atoms with E-state index < -0.39 is 16.5 Å². The fourth-order valence-corrected chi connectivity index (χ4v) is 7.16. The fourth-order valence-electron chi connectivity index (χ4n) is 5.50. The van der Waals surface area contributed by atoms with Gasteiger partial charge < -0.3 is 20.5 Å². The van der Waals surface area contributed by atoms with Gasteiger partial charge in [-0.2, -0.15) is 0 Å². The number of carbonyl (C=O) groups is 3. The Bertz CT molecular complexity index is 1860. The van der Waals surface area contributed by atoms with Crippen molar-refractivity contribution in [2.45, 2.75) is 43.2 Å². The van der Waals surface area contributed by atoms with Crippen molar-refractivity contribution in [3.8, 4) is 23.3 Å². The molecule has 49 heavy (non-hydrogen) atoms. The molecule has 0 spiro atoms. The van der Waals surface area contributed by atoms with E-state index in [0.29, 0.717) is 36.8 Å². The largest absolute Gasteiger partial charge is 0.493 e. The number of halogens is 1. The van der Waals surface area contributed by atoms with Crippen molar-refractivity contribution in [2.24, 2.45) is 5.73 Å². The Morgan fingerprint density at radius 3 is 2.45 bits per heavy atom. The number of rotatable bonds is 13. The first-order chi connectivity index (χ1) is 23.8. The minimum absolute atomic E-state index is 0.00938. The van der Waals surface area contributed by atoms with Gasteiger partial charge >= 0.3 is 0 Å². The molecular weight excluding hydrogens is 658 g/mol. The lowest BCUT2D eigenvalue weighted by Gasteiger charge is -2.25. The van der Waals surface area contributed by atoms with E-state index in [9.17, 15) is 14.4 Å². The molecule has 0 bridgehead atoms. The van der Waals surface area contributed by atoms with Crippen molar-refractivity contribution in [1.82, 2.24) is 5.32 Å². The average Bonchev–Trinajstić information content (AvgIpc) is 3.42. The van der Waals surface area contributed by atoms with Crippen molar-refractivity contribution in [2.75, 3.05) is 25.2 Å². The molecule has 3 amide bonds. The second kappa shape index (κ2) is 17.0. The molecule has 8 nitrogen and oxygen atoms in total. The number of primary amides is 1. The molecule has 1 aliphatic rings. The quantitative estimate of drug-likeness (QED) is 0.150. The number of anilines is 1. The predicted octanol–water partition coefficient (Wildman–Crippen LogP) is 6.73. The third-order valence-corrected chi connectivity index (χ3v) is 9.75. The molecule has 0 aliphatic carbocycles. The smallest absolute Gasteiger partial charge is 0.250 e. The zero-order valence-electron chi connectivity index (χ0n) is 27.4. The predicted molar refractivity (Wildman–Crippen MR) is 195 cm³/mol. The molecule has 252 valence electrons. The molecule has 4 aromatic rings. The highest BCUT2D eigenvalue weighted by Crippen LogP contribution is 2.47. The molecular formula is C39H38ClN3O5S. The van der Waals surface area contributed by atoms with Crippen LogP contribution >= 0.6 is 23.4 Å². The van der Waals surface area contributed by atoms with Crippen molar-refractivity contribution >= 4 is 46.8 Å². The highest BCUT2D eigenvalue weighted by atomic mass is 35.5. The Balaban J connectivity index is 1.28. The number of amides is 3. The number of ether oxygens (including phenoxy) is 2. The van der Waals surface area contributed by atoms with E-state index in [1.807, 2.05) is 67.6 Å². The van der Waals surface area contributed by atoms with E-state index in [2.05, 4.69) is 29.3 Å². The van der Waals surface area contributed by atoms with Crippen LogP contribution in [0.5, 0.6) is 11.5 Å². The molecule has 0 radical (unpaired) electrons. The van der Waals surface area contributed by atoms with Gasteiger partial charge in [0.1, 0.15) is 5.37 Å². The number of methoxy groups -OCH3 is 1. The summed E-state index contributed by atoms with van der Waals surface area (Å²) in [5.74, 6) is 6.58. The topological polar surface area (TPSA) is 111 Å². The molecule has 1 heterocycles. The molecule has 10 heteroatoms. The maximum absolute atomic E-state index is 13.9. The lowest BCUT2D eigenvalue weighted by Crippen LogP contribution is -2.34. The summed E-state index contributed by atoms with van der Waals surface area (Å²) in [5.41, 5.74) is 10.1. The first kappa shape index (κ1) is 35.4. The van der Waals surface area contributed by atoms with E-state index in [-0.39, 0.29) is 28.8 Å². The number of hydrogen-bond acceptors (Lipinski definition) is 6. The van der Waals surface area contributed by atoms with Crippen LogP contribution in [0.3, 0.4) is 0 Å². The monoisotopic (exact) mass is 695 g/mol. The molecule has 5 rings (SSSR count). The third kappa shape index (κ3) is 9.17. The zero-order valence-corrected chi connectivity index (χ0v) is 29.0. The Labute approximate surface area is 296 Å². The minimum Gasteiger partial charge on any atom is -0.493 e. The summed E-state index contributed by atoms with van der Waals surface area (Å²) in [7, 11) is 1.59. The van der Waals surface area contributed by atoms with E-state index in [1.165, 1.54) is 23.4 Å². The summed E-state index contributed by atoms with van der Waals surface area (Å²) < 4.78 is 11.0. The molecule has 1 saturated heterocycles. The first-order valence-electron chi connectivity index (χ1n) is 16.0. The van der Waals surface area contributed by atoms with Crippen molar-refractivity contribution < 1.29 is 23.9 Å². The van der Waals surface area contributed by atoms with Crippen LogP contribution in [0.2, 0.25) is 5.02 Å². The van der Waals surface area contributed by atoms with Crippen molar-refractivity contribution in [3.05, 3.63) is 124 Å². The summed E-state index contributed by atoms with van der Waals surface area (Å²) in [4.78, 5) is 40.7. The van der Waals surface area contributed by atoms with Gasteiger partial charge in [-0.15, -0.1) is 11.8 Å². The van der Waals surface area contributed by atoms with Gasteiger partial charge in [-0.05, 0) is 78.9 Å². The van der Waals surface area contributed by atoms with Crippen LogP contribution in [0.1, 0.15) is 57.8 Å². The van der Waals surface area contributed by atoms with Crippen LogP contribution in [0.4, 0.5) is 5.69 Å². The summed E-state index contributed by atoms with van der Waals surface area (Å²) >= 11 is 7.62. The number of carbonyl (C=O) groups excluding carboxylic acids is 3. The van der Waals surface area contributed by atoms with Gasteiger partial charge in [0, 0.05) is 30.6 Å². The normalized spacial score (nSPS) is 15.3. The van der Waals surface area contributed by atoms with Crippen LogP contribution in [0.25, 0.3) is 0 Å². The SMILES string of the molecule is CCOc1cc(CCNC(=O)CC2SC(c3ccc(C#CCCc4ccccc4)cc3)N(c3ccc(Cl)c(C(N)=O)c3)C2=O)ccc1OC. The van der Waals surface area contributed by atoms with Gasteiger partial charge in [-0.3, -0.25) is 19.3 Å². The molecule has 0 aromatic heterocycles. The highest BCUT2D eigenvalue weighted by Gasteiger charge is 2.43. The number of nitrogens with two attached hydrogens (primary N) is 1. The second-order valence-electron chi connectivity index (χ2n) is 11.3. The summed E-state index contributed by atoms with van der Waals surface area (Å²) in [6.07, 6.45) is 2.19. The van der Waals surface area contributed by atoms with E-state index in [0.717, 1.165) is 29.5 Å². The molecule has 2 atom stereocenters. The van der Waals surface area contributed by atoms with Gasteiger partial charge in [-0.1, -0.05) is 72.0 Å². The third-order valence-electron chi connectivity index (χ3n) is 7.98. The molecule has 0 saturated carbocycles. The van der Waals surface area contributed by atoms with Crippen LogP contribution in [-0.4, -0.2) is 43.2 Å². The summed E-state index contributed by atoms with van der Waals surface area (Å²) in [6, 6.07) is 28.4. The number of nitrogens with one attached hydrogen (secondary N) is 1. The van der Waals surface area contributed by atoms with Gasteiger partial charge in [0.2, 0.25) is 17.7 Å². The Morgan fingerprint density at radius 1 is 0.959 bits per heavy atom. The first-order valence-corrected chi connectivity index (χ1v) is 17.4. The number of aryl methyl sites for hydroxylation is 1. The van der Waals surface area contributed by atoms with Gasteiger partial charge in [0.15, 0.2) is 11.5 Å². The van der Waals surface area contributed by atoms with Gasteiger partial charge in [0.25, 0.3) is 0 Å². The molecule has 3 N–H and O–H groups in total. The lowest BCUT2D eigenvalue weighted by molar-refractivity contribution is -0.124. The molecule has 1 fully saturated rings. The molecule has 4 aromatic carbocycles. The van der Waals surface area contributed by atoms with Crippen LogP contribution in [-0.2, 0) is 22.4 Å². The van der Waals surface area contributed by atoms with Crippen LogP contribution < -0.4 is 25.4 Å². The number of benzene rings is 4. The van der Waals surface area contributed by atoms with Crippen molar-refractivity contribution in [1.29, 1.82) is 0 Å². The lowest BCUT2D eigenvalue weighted by atomic mass is 10.1. The standard InChI is InChI=1S/C39H38ClN3O5S/c1-3-48-34-23-28(15-20-33(34)47-2)21-22-42-36(44)25-35-38(46)43(30-18-19-32(40)31(24-30)37(41)45)39(49-35)29-16-13-27(14-17-29)12-8-7-11-26-9-5-4-6-10-26/h4-6,9-10,13-20,23-24,35,39H,3,7,11,21-22,25H2,1-2H3,(H2,41,45)(H,42,44). The number of hydrogen-bond donors (Lipinski definition) is 2. The highest BCUT2D eigenvalue weighted by molar-refractivity contribution is 8.01. The maximum Gasteiger partial charge on any atom is 0.250 e. The second-order valence-corrected chi connectivity index (χ2v) is 13.0. The van der Waals surface area contributed by atoms with E-state index in [1.54, 1.807) is 24.1 Å². The summed E-state index contributed by atoms with van der Waals surface area (Å²) in [6.45, 7) is 2.81. The fraction of sp³-hybridized carbons (Fsp3) is 0.256. The van der Waals surface area contributed by atoms with Crippen LogP contribution in [0, 0.1) is 11.8 Å². The minimum atomic E-state index is -0.695. The Kier molecular flexibility index (Phi) is 12.3. The van der Waals surface area contributed by atoms with Crippen LogP contribution in [0.15, 0.2) is 91.0 Å². The molecule has 1 aliphatic heterocycles. The van der Waals surface area contributed by atoms with E-state index in [4.69, 9.17) is 26.8 Å². The Morgan fingerprint density at radius 2 is 1.73 bits per heavy atom. The average molecular weight is 696 g/mol. The molecule has 2 unspecified atom stereocenters. The summed E-state index contributed by atoms with van der Waals surface area (Å²) in [5, 5.41) is 2.04. The van der Waals surface area contributed by atoms with Gasteiger partial charge in [-0.25, -0.2) is 0 Å². The maximum atomic E-state index is 13.9. The van der Waals surface area contributed by atoms with E-state index >= 15 is 0 Å². The van der Waals surface area contributed by atoms with Crippen molar-refractivity contribution in [3.63, 3.8) is 0 Å².